The summed E-state index contributed by atoms with van der Waals surface area (Å²) >= 11 is 0. The van der Waals surface area contributed by atoms with Crippen LogP contribution in [0.25, 0.3) is 0 Å². The smallest absolute Gasteiger partial charge is 0.338 e. The van der Waals surface area contributed by atoms with E-state index in [9.17, 15) is 35.4 Å². The van der Waals surface area contributed by atoms with Gasteiger partial charge in [-0.1, -0.05) is 0 Å². The SMILES string of the molecule is COc1cc(C(=O)OC[C@@]2(O)CO[C@@H](O[C@H]3[C@H](Oc4cc(OC)c(OC)c(OC)c4)O[C@H](CO)[C@@H](O)[C@@H]3O)[C@@H]2O)ccc1O. The summed E-state index contributed by atoms with van der Waals surface area (Å²) in [6.07, 6.45) is -11.1. The molecule has 0 amide bonds. The Morgan fingerprint density at radius 3 is 2.18 bits per heavy atom. The molecule has 0 aromatic heterocycles. The van der Waals surface area contributed by atoms with Gasteiger partial charge in [0.1, 0.15) is 36.8 Å². The van der Waals surface area contributed by atoms with Gasteiger partial charge in [-0.25, -0.2) is 4.79 Å². The molecular weight excluding hydrogens is 592 g/mol. The van der Waals surface area contributed by atoms with Crippen molar-refractivity contribution in [3.63, 3.8) is 0 Å². The van der Waals surface area contributed by atoms with Crippen LogP contribution in [-0.4, -0.2) is 134 Å². The van der Waals surface area contributed by atoms with Crippen molar-refractivity contribution in [1.82, 2.24) is 0 Å². The van der Waals surface area contributed by atoms with Gasteiger partial charge in [-0.2, -0.15) is 0 Å². The van der Waals surface area contributed by atoms with Crippen LogP contribution in [0.1, 0.15) is 10.4 Å². The lowest BCUT2D eigenvalue weighted by molar-refractivity contribution is -0.318. The normalized spacial score (nSPS) is 30.0. The Hall–Kier alpha value is -3.61. The van der Waals surface area contributed by atoms with Crippen molar-refractivity contribution in [2.45, 2.75) is 48.7 Å². The van der Waals surface area contributed by atoms with Gasteiger partial charge < -0.3 is 73.3 Å². The maximum atomic E-state index is 12.6. The van der Waals surface area contributed by atoms with Gasteiger partial charge in [0, 0.05) is 12.1 Å². The first-order chi connectivity index (χ1) is 21.0. The van der Waals surface area contributed by atoms with E-state index in [-0.39, 0.29) is 40.1 Å². The summed E-state index contributed by atoms with van der Waals surface area (Å²) < 4.78 is 48.9. The molecule has 16 heteroatoms. The number of esters is 1. The van der Waals surface area contributed by atoms with Crippen molar-refractivity contribution < 1.29 is 78.1 Å². The van der Waals surface area contributed by atoms with E-state index < -0.39 is 74.5 Å². The monoisotopic (exact) mass is 628 g/mol. The number of aromatic hydroxyl groups is 1. The highest BCUT2D eigenvalue weighted by molar-refractivity contribution is 5.90. The molecule has 2 aliphatic rings. The van der Waals surface area contributed by atoms with Gasteiger partial charge in [0.25, 0.3) is 0 Å². The lowest BCUT2D eigenvalue weighted by atomic mass is 9.98. The third-order valence-electron chi connectivity index (χ3n) is 7.18. The number of hydrogen-bond acceptors (Lipinski definition) is 16. The molecule has 0 radical (unpaired) electrons. The standard InChI is InChI=1S/C28H36O16/c1-36-16-7-13(5-6-15(16)30)25(34)40-11-28(35)12-41-27(24(28)33)44-23-21(32)20(31)19(10-29)43-26(23)42-14-8-17(37-2)22(39-4)18(9-14)38-3/h5-9,19-21,23-24,26-27,29-33,35H,10-12H2,1-4H3/t19-,20-,21+,23-,24+,26-,27+,28-/m1/s1. The number of aliphatic hydroxyl groups excluding tert-OH is 4. The highest BCUT2D eigenvalue weighted by Crippen LogP contribution is 2.42. The minimum Gasteiger partial charge on any atom is -0.504 e. The lowest BCUT2D eigenvalue weighted by Gasteiger charge is -2.42. The lowest BCUT2D eigenvalue weighted by Crippen LogP contribution is -2.62. The molecule has 6 N–H and O–H groups in total. The molecule has 2 heterocycles. The highest BCUT2D eigenvalue weighted by atomic mass is 16.8. The van der Waals surface area contributed by atoms with Crippen molar-refractivity contribution in [3.05, 3.63) is 35.9 Å². The summed E-state index contributed by atoms with van der Waals surface area (Å²) in [4.78, 5) is 12.6. The summed E-state index contributed by atoms with van der Waals surface area (Å²) in [5.41, 5.74) is -2.13. The van der Waals surface area contributed by atoms with E-state index in [4.69, 9.17) is 42.6 Å². The van der Waals surface area contributed by atoms with E-state index in [2.05, 4.69) is 0 Å². The van der Waals surface area contributed by atoms with Gasteiger partial charge in [0.05, 0.1) is 47.2 Å². The molecule has 4 rings (SSSR count). The Kier molecular flexibility index (Phi) is 10.6. The second kappa shape index (κ2) is 14.0. The van der Waals surface area contributed by atoms with Crippen LogP contribution in [0.15, 0.2) is 30.3 Å². The Morgan fingerprint density at radius 1 is 0.932 bits per heavy atom. The first-order valence-electron chi connectivity index (χ1n) is 13.3. The Labute approximate surface area is 251 Å². The summed E-state index contributed by atoms with van der Waals surface area (Å²) in [6.45, 7) is -1.95. The quantitative estimate of drug-likeness (QED) is 0.154. The van der Waals surface area contributed by atoms with E-state index in [1.54, 1.807) is 0 Å². The molecule has 16 nitrogen and oxygen atoms in total. The third kappa shape index (κ3) is 6.72. The molecule has 44 heavy (non-hydrogen) atoms. The number of rotatable bonds is 12. The van der Waals surface area contributed by atoms with Crippen molar-refractivity contribution in [3.8, 4) is 34.5 Å². The van der Waals surface area contributed by atoms with E-state index in [0.717, 1.165) is 0 Å². The zero-order chi connectivity index (χ0) is 32.2. The van der Waals surface area contributed by atoms with Gasteiger partial charge in [0.15, 0.2) is 41.0 Å². The van der Waals surface area contributed by atoms with E-state index >= 15 is 0 Å². The number of phenolic OH excluding ortho intramolecular Hbond substituents is 1. The van der Waals surface area contributed by atoms with Crippen LogP contribution in [0, 0.1) is 0 Å². The number of methoxy groups -OCH3 is 4. The molecule has 8 atom stereocenters. The highest BCUT2D eigenvalue weighted by Gasteiger charge is 2.54. The Morgan fingerprint density at radius 2 is 1.59 bits per heavy atom. The number of carbonyl (C=O) groups is 1. The zero-order valence-electron chi connectivity index (χ0n) is 24.3. The number of hydrogen-bond donors (Lipinski definition) is 6. The van der Waals surface area contributed by atoms with Gasteiger partial charge in [0.2, 0.25) is 12.0 Å². The minimum absolute atomic E-state index is 0.00569. The molecule has 0 saturated carbocycles. The average molecular weight is 629 g/mol. The van der Waals surface area contributed by atoms with Crippen molar-refractivity contribution >= 4 is 5.97 Å². The largest absolute Gasteiger partial charge is 0.504 e. The molecule has 0 bridgehead atoms. The molecule has 2 aromatic rings. The predicted octanol–water partition coefficient (Wildman–Crippen LogP) is -1.07. The van der Waals surface area contributed by atoms with Gasteiger partial charge in [-0.3, -0.25) is 0 Å². The molecule has 244 valence electrons. The van der Waals surface area contributed by atoms with E-state index in [0.29, 0.717) is 0 Å². The Balaban J connectivity index is 1.49. The van der Waals surface area contributed by atoms with Crippen LogP contribution in [0.3, 0.4) is 0 Å². The van der Waals surface area contributed by atoms with Crippen LogP contribution in [0.4, 0.5) is 0 Å². The van der Waals surface area contributed by atoms with Gasteiger partial charge in [-0.05, 0) is 18.2 Å². The second-order valence-corrected chi connectivity index (χ2v) is 9.98. The van der Waals surface area contributed by atoms with Crippen LogP contribution in [0.2, 0.25) is 0 Å². The zero-order valence-corrected chi connectivity index (χ0v) is 24.3. The topological polar surface area (TPSA) is 222 Å². The molecule has 2 fully saturated rings. The number of phenols is 1. The molecule has 2 aromatic carbocycles. The summed E-state index contributed by atoms with van der Waals surface area (Å²) in [5, 5.41) is 62.8. The van der Waals surface area contributed by atoms with Crippen molar-refractivity contribution in [1.29, 1.82) is 0 Å². The first kappa shape index (κ1) is 33.3. The molecule has 2 aliphatic heterocycles. The average Bonchev–Trinajstić information content (AvgIpc) is 3.31. The predicted molar refractivity (Wildman–Crippen MR) is 145 cm³/mol. The third-order valence-corrected chi connectivity index (χ3v) is 7.18. The summed E-state index contributed by atoms with van der Waals surface area (Å²) in [5.74, 6) is -0.224. The van der Waals surface area contributed by atoms with Crippen molar-refractivity contribution in [2.75, 3.05) is 48.3 Å². The van der Waals surface area contributed by atoms with E-state index in [1.165, 1.54) is 58.8 Å². The maximum Gasteiger partial charge on any atom is 0.338 e. The molecule has 0 unspecified atom stereocenters. The first-order valence-corrected chi connectivity index (χ1v) is 13.3. The molecule has 0 aliphatic carbocycles. The number of ether oxygens (including phenoxy) is 9. The Bertz CT molecular complexity index is 1260. The fourth-order valence-electron chi connectivity index (χ4n) is 4.69. The summed E-state index contributed by atoms with van der Waals surface area (Å²) in [7, 11) is 5.50. The van der Waals surface area contributed by atoms with Crippen LogP contribution in [-0.2, 0) is 18.9 Å². The van der Waals surface area contributed by atoms with Gasteiger partial charge in [-0.15, -0.1) is 0 Å². The maximum absolute atomic E-state index is 12.6. The number of aliphatic hydroxyl groups is 5. The number of carbonyl (C=O) groups excluding carboxylic acids is 1. The molecule has 0 spiro atoms. The van der Waals surface area contributed by atoms with E-state index in [1.807, 2.05) is 0 Å². The van der Waals surface area contributed by atoms with Crippen LogP contribution >= 0.6 is 0 Å². The number of benzene rings is 2. The van der Waals surface area contributed by atoms with Crippen LogP contribution < -0.4 is 23.7 Å². The van der Waals surface area contributed by atoms with Crippen molar-refractivity contribution in [2.24, 2.45) is 0 Å². The fourth-order valence-corrected chi connectivity index (χ4v) is 4.69. The fraction of sp³-hybridized carbons (Fsp3) is 0.536. The molecule has 2 saturated heterocycles. The second-order valence-electron chi connectivity index (χ2n) is 9.98. The van der Waals surface area contributed by atoms with Crippen LogP contribution in [0.5, 0.6) is 34.5 Å². The molecular formula is C28H36O16. The minimum atomic E-state index is -2.14. The summed E-state index contributed by atoms with van der Waals surface area (Å²) in [6, 6.07) is 6.61. The van der Waals surface area contributed by atoms with Gasteiger partial charge >= 0.3 is 5.97 Å².